The van der Waals surface area contributed by atoms with E-state index in [4.69, 9.17) is 9.47 Å². The normalized spacial score (nSPS) is 16.1. The molecule has 0 spiro atoms. The Morgan fingerprint density at radius 1 is 1.07 bits per heavy atom. The van der Waals surface area contributed by atoms with Crippen LogP contribution in [0.1, 0.15) is 16.7 Å². The Balaban J connectivity index is 1.59. The minimum absolute atomic E-state index is 0.108. The lowest BCUT2D eigenvalue weighted by Gasteiger charge is -2.34. The second-order valence-electron chi connectivity index (χ2n) is 6.83. The molecule has 0 aliphatic carbocycles. The van der Waals surface area contributed by atoms with E-state index in [2.05, 4.69) is 5.32 Å². The van der Waals surface area contributed by atoms with Gasteiger partial charge in [0.2, 0.25) is 5.91 Å². The molecule has 1 atom stereocenters. The van der Waals surface area contributed by atoms with Gasteiger partial charge in [-0.2, -0.15) is 0 Å². The van der Waals surface area contributed by atoms with E-state index in [1.807, 2.05) is 53.4 Å². The molecule has 0 saturated heterocycles. The molecule has 148 valence electrons. The molecule has 0 radical (unpaired) electrons. The van der Waals surface area contributed by atoms with Crippen LogP contribution in [0, 0.1) is 0 Å². The van der Waals surface area contributed by atoms with E-state index in [0.29, 0.717) is 25.9 Å². The van der Waals surface area contributed by atoms with Gasteiger partial charge < -0.3 is 14.8 Å². The van der Waals surface area contributed by atoms with Gasteiger partial charge in [0.05, 0.1) is 20.8 Å². The Morgan fingerprint density at radius 2 is 1.79 bits per heavy atom. The van der Waals surface area contributed by atoms with Crippen LogP contribution >= 0.6 is 0 Å². The summed E-state index contributed by atoms with van der Waals surface area (Å²) in [6.07, 6.45) is 1.23. The van der Waals surface area contributed by atoms with Crippen molar-refractivity contribution in [2.45, 2.75) is 25.4 Å². The summed E-state index contributed by atoms with van der Waals surface area (Å²) >= 11 is 0. The van der Waals surface area contributed by atoms with Crippen molar-refractivity contribution >= 4 is 11.9 Å². The van der Waals surface area contributed by atoms with Crippen LogP contribution < -0.4 is 10.1 Å². The van der Waals surface area contributed by atoms with Crippen molar-refractivity contribution in [2.24, 2.45) is 0 Å². The van der Waals surface area contributed by atoms with Gasteiger partial charge in [0.1, 0.15) is 11.8 Å². The maximum Gasteiger partial charge on any atom is 0.323 e. The fourth-order valence-electron chi connectivity index (χ4n) is 3.60. The van der Waals surface area contributed by atoms with Crippen LogP contribution in [0.3, 0.4) is 0 Å². The molecule has 0 saturated carbocycles. The topological polar surface area (TPSA) is 67.9 Å². The van der Waals surface area contributed by atoms with Gasteiger partial charge in [-0.25, -0.2) is 0 Å². The number of fused-ring (bicyclic) bond motifs is 1. The number of esters is 1. The number of carbonyl (C=O) groups is 2. The van der Waals surface area contributed by atoms with Crippen molar-refractivity contribution in [3.05, 3.63) is 65.2 Å². The fraction of sp³-hybridized carbons (Fsp3) is 0.364. The molecule has 1 N–H and O–H groups in total. The standard InChI is InChI=1S/C22H26N2O4/c1-27-20-10-6-5-7-16(20)11-12-23-21(25)15-24-14-18-9-4-3-8-17(18)13-19(24)22(26)28-2/h3-10,19H,11-15H2,1-2H3,(H,23,25)/t19-/m1/s1. The van der Waals surface area contributed by atoms with Crippen LogP contribution in [0.4, 0.5) is 0 Å². The van der Waals surface area contributed by atoms with E-state index in [-0.39, 0.29) is 18.4 Å². The highest BCUT2D eigenvalue weighted by molar-refractivity contribution is 5.81. The van der Waals surface area contributed by atoms with Crippen molar-refractivity contribution in [3.63, 3.8) is 0 Å². The smallest absolute Gasteiger partial charge is 0.323 e. The van der Waals surface area contributed by atoms with Crippen molar-refractivity contribution in [2.75, 3.05) is 27.3 Å². The Labute approximate surface area is 165 Å². The number of para-hydroxylation sites is 1. The molecule has 1 amide bonds. The van der Waals surface area contributed by atoms with Gasteiger partial charge in [-0.3, -0.25) is 14.5 Å². The summed E-state index contributed by atoms with van der Waals surface area (Å²) < 4.78 is 10.3. The molecule has 0 aromatic heterocycles. The third kappa shape index (κ3) is 4.70. The summed E-state index contributed by atoms with van der Waals surface area (Å²) in [6.45, 7) is 1.21. The predicted octanol–water partition coefficient (Wildman–Crippen LogP) is 1.95. The lowest BCUT2D eigenvalue weighted by atomic mass is 9.94. The van der Waals surface area contributed by atoms with Crippen LogP contribution in [0.25, 0.3) is 0 Å². The SMILES string of the molecule is COC(=O)[C@H]1Cc2ccccc2CN1CC(=O)NCCc1ccccc1OC. The number of carbonyl (C=O) groups excluding carboxylic acids is 2. The van der Waals surface area contributed by atoms with Crippen molar-refractivity contribution in [3.8, 4) is 5.75 Å². The number of hydrogen-bond acceptors (Lipinski definition) is 5. The molecular formula is C22H26N2O4. The minimum Gasteiger partial charge on any atom is -0.496 e. The maximum atomic E-state index is 12.5. The quantitative estimate of drug-likeness (QED) is 0.742. The minimum atomic E-state index is -0.445. The molecule has 0 bridgehead atoms. The van der Waals surface area contributed by atoms with E-state index in [0.717, 1.165) is 22.4 Å². The second kappa shape index (κ2) is 9.37. The number of nitrogens with zero attached hydrogens (tertiary/aromatic N) is 1. The summed E-state index contributed by atoms with van der Waals surface area (Å²) in [5, 5.41) is 2.94. The maximum absolute atomic E-state index is 12.5. The summed E-state index contributed by atoms with van der Waals surface area (Å²) in [6, 6.07) is 15.3. The van der Waals surface area contributed by atoms with Gasteiger partial charge in [0, 0.05) is 13.1 Å². The number of ether oxygens (including phenoxy) is 2. The first-order chi connectivity index (χ1) is 13.6. The van der Waals surface area contributed by atoms with Gasteiger partial charge in [-0.05, 0) is 35.6 Å². The van der Waals surface area contributed by atoms with Crippen molar-refractivity contribution < 1.29 is 19.1 Å². The Bertz CT molecular complexity index is 837. The Hall–Kier alpha value is -2.86. The number of benzene rings is 2. The van der Waals surface area contributed by atoms with Gasteiger partial charge in [-0.1, -0.05) is 42.5 Å². The Kier molecular flexibility index (Phi) is 6.66. The molecule has 3 rings (SSSR count). The fourth-order valence-corrected chi connectivity index (χ4v) is 3.60. The molecule has 2 aromatic rings. The van der Waals surface area contributed by atoms with E-state index >= 15 is 0 Å². The van der Waals surface area contributed by atoms with E-state index in [1.165, 1.54) is 7.11 Å². The van der Waals surface area contributed by atoms with Crippen LogP contribution in [-0.2, 0) is 33.7 Å². The zero-order chi connectivity index (χ0) is 19.9. The lowest BCUT2D eigenvalue weighted by molar-refractivity contribution is -0.148. The molecule has 6 nitrogen and oxygen atoms in total. The monoisotopic (exact) mass is 382 g/mol. The number of nitrogens with one attached hydrogen (secondary N) is 1. The van der Waals surface area contributed by atoms with Crippen LogP contribution in [0.5, 0.6) is 5.75 Å². The van der Waals surface area contributed by atoms with Gasteiger partial charge in [-0.15, -0.1) is 0 Å². The predicted molar refractivity (Wildman–Crippen MR) is 106 cm³/mol. The molecule has 0 fully saturated rings. The number of rotatable bonds is 7. The summed E-state index contributed by atoms with van der Waals surface area (Å²) in [5.74, 6) is 0.398. The molecule has 6 heteroatoms. The first kappa shape index (κ1) is 19.9. The van der Waals surface area contributed by atoms with E-state index < -0.39 is 6.04 Å². The van der Waals surface area contributed by atoms with E-state index in [9.17, 15) is 9.59 Å². The van der Waals surface area contributed by atoms with Gasteiger partial charge >= 0.3 is 5.97 Å². The third-order valence-electron chi connectivity index (χ3n) is 5.07. The molecule has 1 aliphatic heterocycles. The van der Waals surface area contributed by atoms with Crippen molar-refractivity contribution in [1.29, 1.82) is 0 Å². The van der Waals surface area contributed by atoms with E-state index in [1.54, 1.807) is 7.11 Å². The summed E-state index contributed by atoms with van der Waals surface area (Å²) in [7, 11) is 3.02. The molecule has 0 unspecified atom stereocenters. The van der Waals surface area contributed by atoms with Crippen LogP contribution in [-0.4, -0.2) is 50.1 Å². The average molecular weight is 382 g/mol. The van der Waals surface area contributed by atoms with Crippen LogP contribution in [0.2, 0.25) is 0 Å². The molecule has 1 aliphatic rings. The molecular weight excluding hydrogens is 356 g/mol. The molecule has 1 heterocycles. The third-order valence-corrected chi connectivity index (χ3v) is 5.07. The zero-order valence-electron chi connectivity index (χ0n) is 16.3. The lowest BCUT2D eigenvalue weighted by Crippen LogP contribution is -2.50. The highest BCUT2D eigenvalue weighted by Crippen LogP contribution is 2.23. The van der Waals surface area contributed by atoms with Gasteiger partial charge in [0.25, 0.3) is 0 Å². The number of methoxy groups -OCH3 is 2. The second-order valence-corrected chi connectivity index (χ2v) is 6.83. The van der Waals surface area contributed by atoms with Crippen LogP contribution in [0.15, 0.2) is 48.5 Å². The van der Waals surface area contributed by atoms with Gasteiger partial charge in [0.15, 0.2) is 0 Å². The summed E-state index contributed by atoms with van der Waals surface area (Å²) in [5.41, 5.74) is 3.32. The van der Waals surface area contributed by atoms with Crippen molar-refractivity contribution in [1.82, 2.24) is 10.2 Å². The highest BCUT2D eigenvalue weighted by atomic mass is 16.5. The first-order valence-electron chi connectivity index (χ1n) is 9.39. The largest absolute Gasteiger partial charge is 0.496 e. The average Bonchev–Trinajstić information content (AvgIpc) is 2.73. The molecule has 2 aromatic carbocycles. The highest BCUT2D eigenvalue weighted by Gasteiger charge is 2.33. The zero-order valence-corrected chi connectivity index (χ0v) is 16.3. The Morgan fingerprint density at radius 3 is 2.54 bits per heavy atom. The molecule has 28 heavy (non-hydrogen) atoms. The number of amides is 1. The summed E-state index contributed by atoms with van der Waals surface area (Å²) in [4.78, 5) is 26.6. The number of hydrogen-bond donors (Lipinski definition) is 1. The first-order valence-corrected chi connectivity index (χ1v) is 9.39.